The fraction of sp³-hybridized carbons (Fsp3) is 0.625. The number of halogens is 1. The van der Waals surface area contributed by atoms with Gasteiger partial charge in [0.05, 0.1) is 7.11 Å². The van der Waals surface area contributed by atoms with Gasteiger partial charge < -0.3 is 4.74 Å². The number of rotatable bonds is 5. The first kappa shape index (κ1) is 13.9. The number of alkyl halides is 1. The molecule has 0 heterocycles. The van der Waals surface area contributed by atoms with E-state index in [1.54, 1.807) is 7.11 Å². The van der Waals surface area contributed by atoms with Gasteiger partial charge >= 0.3 is 0 Å². The van der Waals surface area contributed by atoms with Crippen molar-refractivity contribution in [3.8, 4) is 5.75 Å². The maximum Gasteiger partial charge on any atom is 0.122 e. The summed E-state index contributed by atoms with van der Waals surface area (Å²) in [4.78, 5) is 0. The van der Waals surface area contributed by atoms with Crippen LogP contribution >= 0.6 is 15.9 Å². The van der Waals surface area contributed by atoms with Gasteiger partial charge in [-0.05, 0) is 29.9 Å². The average molecular weight is 311 g/mol. The van der Waals surface area contributed by atoms with Crippen molar-refractivity contribution in [1.82, 2.24) is 0 Å². The molecule has 0 spiro atoms. The molecule has 1 saturated carbocycles. The lowest BCUT2D eigenvalue weighted by atomic mass is 9.78. The van der Waals surface area contributed by atoms with Crippen molar-refractivity contribution in [3.63, 3.8) is 0 Å². The van der Waals surface area contributed by atoms with Crippen LogP contribution in [0, 0.1) is 11.8 Å². The summed E-state index contributed by atoms with van der Waals surface area (Å²) in [5, 5.41) is 1.11. The van der Waals surface area contributed by atoms with Gasteiger partial charge in [0.25, 0.3) is 0 Å². The number of methoxy groups -OCH3 is 1. The lowest BCUT2D eigenvalue weighted by Gasteiger charge is -2.29. The molecule has 0 aliphatic heterocycles. The van der Waals surface area contributed by atoms with Crippen molar-refractivity contribution in [2.24, 2.45) is 11.8 Å². The SMILES string of the molecule is COc1ccccc1CC(CBr)C1CCCCC1. The Labute approximate surface area is 119 Å². The average Bonchev–Trinajstić information content (AvgIpc) is 2.46. The number of ether oxygens (including phenoxy) is 1. The highest BCUT2D eigenvalue weighted by Gasteiger charge is 2.23. The van der Waals surface area contributed by atoms with Gasteiger partial charge in [-0.25, -0.2) is 0 Å². The fourth-order valence-corrected chi connectivity index (χ4v) is 3.86. The van der Waals surface area contributed by atoms with Crippen LogP contribution in [-0.2, 0) is 6.42 Å². The van der Waals surface area contributed by atoms with E-state index in [9.17, 15) is 0 Å². The summed E-state index contributed by atoms with van der Waals surface area (Å²) < 4.78 is 5.46. The number of benzene rings is 1. The first-order chi connectivity index (χ1) is 8.85. The van der Waals surface area contributed by atoms with E-state index in [2.05, 4.69) is 34.1 Å². The molecule has 2 heteroatoms. The zero-order chi connectivity index (χ0) is 12.8. The molecule has 0 amide bonds. The third kappa shape index (κ3) is 3.50. The first-order valence-electron chi connectivity index (χ1n) is 7.03. The summed E-state index contributed by atoms with van der Waals surface area (Å²) >= 11 is 3.71. The molecule has 1 unspecified atom stereocenters. The molecule has 1 atom stereocenters. The van der Waals surface area contributed by atoms with Crippen molar-refractivity contribution >= 4 is 15.9 Å². The van der Waals surface area contributed by atoms with Crippen molar-refractivity contribution in [3.05, 3.63) is 29.8 Å². The number of para-hydroxylation sites is 1. The highest BCUT2D eigenvalue weighted by atomic mass is 79.9. The summed E-state index contributed by atoms with van der Waals surface area (Å²) in [5.41, 5.74) is 1.36. The van der Waals surface area contributed by atoms with Crippen LogP contribution in [0.5, 0.6) is 5.75 Å². The Hall–Kier alpha value is -0.500. The van der Waals surface area contributed by atoms with E-state index in [1.807, 2.05) is 6.07 Å². The normalized spacial score (nSPS) is 18.6. The smallest absolute Gasteiger partial charge is 0.122 e. The molecule has 0 saturated heterocycles. The van der Waals surface area contributed by atoms with E-state index < -0.39 is 0 Å². The molecule has 1 aliphatic rings. The van der Waals surface area contributed by atoms with E-state index in [1.165, 1.54) is 37.7 Å². The summed E-state index contributed by atoms with van der Waals surface area (Å²) in [6, 6.07) is 8.44. The van der Waals surface area contributed by atoms with Gasteiger partial charge in [-0.1, -0.05) is 66.2 Å². The fourth-order valence-electron chi connectivity index (χ4n) is 3.11. The second-order valence-electron chi connectivity index (χ2n) is 5.33. The second-order valence-corrected chi connectivity index (χ2v) is 5.98. The third-order valence-electron chi connectivity index (χ3n) is 4.19. The third-order valence-corrected chi connectivity index (χ3v) is 5.02. The van der Waals surface area contributed by atoms with Crippen LogP contribution in [0.25, 0.3) is 0 Å². The zero-order valence-corrected chi connectivity index (χ0v) is 12.8. The van der Waals surface area contributed by atoms with Gasteiger partial charge in [0.2, 0.25) is 0 Å². The molecule has 100 valence electrons. The van der Waals surface area contributed by atoms with Crippen molar-refractivity contribution < 1.29 is 4.74 Å². The quantitative estimate of drug-likeness (QED) is 0.708. The molecule has 1 fully saturated rings. The van der Waals surface area contributed by atoms with Crippen LogP contribution in [0.3, 0.4) is 0 Å². The van der Waals surface area contributed by atoms with E-state index in [-0.39, 0.29) is 0 Å². The Morgan fingerprint density at radius 3 is 2.61 bits per heavy atom. The monoisotopic (exact) mass is 310 g/mol. The Morgan fingerprint density at radius 2 is 1.94 bits per heavy atom. The van der Waals surface area contributed by atoms with Crippen LogP contribution in [0.1, 0.15) is 37.7 Å². The summed E-state index contributed by atoms with van der Waals surface area (Å²) in [6.07, 6.45) is 8.22. The van der Waals surface area contributed by atoms with Gasteiger partial charge in [0.15, 0.2) is 0 Å². The highest BCUT2D eigenvalue weighted by molar-refractivity contribution is 9.09. The van der Waals surface area contributed by atoms with Crippen LogP contribution in [0.2, 0.25) is 0 Å². The summed E-state index contributed by atoms with van der Waals surface area (Å²) in [5.74, 6) is 2.68. The van der Waals surface area contributed by atoms with Gasteiger partial charge in [0, 0.05) is 5.33 Å². The second kappa shape index (κ2) is 7.18. The van der Waals surface area contributed by atoms with Crippen molar-refractivity contribution in [2.45, 2.75) is 38.5 Å². The van der Waals surface area contributed by atoms with E-state index in [4.69, 9.17) is 4.74 Å². The lowest BCUT2D eigenvalue weighted by Crippen LogP contribution is -2.21. The minimum atomic E-state index is 0.751. The Balaban J connectivity index is 2.04. The maximum atomic E-state index is 5.46. The number of hydrogen-bond donors (Lipinski definition) is 0. The van der Waals surface area contributed by atoms with Crippen LogP contribution in [0.15, 0.2) is 24.3 Å². The molecule has 0 aromatic heterocycles. The highest BCUT2D eigenvalue weighted by Crippen LogP contribution is 2.34. The molecule has 0 N–H and O–H groups in total. The summed E-state index contributed by atoms with van der Waals surface area (Å²) in [6.45, 7) is 0. The van der Waals surface area contributed by atoms with Crippen molar-refractivity contribution in [1.29, 1.82) is 0 Å². The Bertz CT molecular complexity index is 358. The minimum Gasteiger partial charge on any atom is -0.496 e. The molecule has 2 rings (SSSR count). The molecule has 1 aromatic carbocycles. The van der Waals surface area contributed by atoms with Crippen LogP contribution in [0.4, 0.5) is 0 Å². The molecule has 18 heavy (non-hydrogen) atoms. The number of hydrogen-bond acceptors (Lipinski definition) is 1. The van der Waals surface area contributed by atoms with Crippen molar-refractivity contribution in [2.75, 3.05) is 12.4 Å². The standard InChI is InChI=1S/C16H23BrO/c1-18-16-10-6-5-9-14(16)11-15(12-17)13-7-3-2-4-8-13/h5-6,9-10,13,15H,2-4,7-8,11-12H2,1H3. The van der Waals surface area contributed by atoms with Gasteiger partial charge in [-0.2, -0.15) is 0 Å². The van der Waals surface area contributed by atoms with E-state index in [0.717, 1.165) is 29.3 Å². The van der Waals surface area contributed by atoms with Crippen LogP contribution < -0.4 is 4.74 Å². The molecule has 1 nitrogen and oxygen atoms in total. The van der Waals surface area contributed by atoms with E-state index >= 15 is 0 Å². The largest absolute Gasteiger partial charge is 0.496 e. The predicted octanol–water partition coefficient (Wildman–Crippen LogP) is 4.83. The van der Waals surface area contributed by atoms with E-state index in [0.29, 0.717) is 0 Å². The Kier molecular flexibility index (Phi) is 5.55. The molecule has 0 radical (unpaired) electrons. The van der Waals surface area contributed by atoms with Crippen LogP contribution in [-0.4, -0.2) is 12.4 Å². The molecule has 0 bridgehead atoms. The lowest BCUT2D eigenvalue weighted by molar-refractivity contribution is 0.265. The minimum absolute atomic E-state index is 0.751. The van der Waals surface area contributed by atoms with Gasteiger partial charge in [0.1, 0.15) is 5.75 Å². The topological polar surface area (TPSA) is 9.23 Å². The maximum absolute atomic E-state index is 5.46. The zero-order valence-electron chi connectivity index (χ0n) is 11.2. The Morgan fingerprint density at radius 1 is 1.22 bits per heavy atom. The molecular formula is C16H23BrO. The van der Waals surface area contributed by atoms with Gasteiger partial charge in [-0.15, -0.1) is 0 Å². The molecule has 1 aromatic rings. The van der Waals surface area contributed by atoms with Gasteiger partial charge in [-0.3, -0.25) is 0 Å². The molecular weight excluding hydrogens is 288 g/mol. The predicted molar refractivity (Wildman–Crippen MR) is 80.6 cm³/mol. The molecule has 1 aliphatic carbocycles. The first-order valence-corrected chi connectivity index (χ1v) is 8.15. The summed E-state index contributed by atoms with van der Waals surface area (Å²) in [7, 11) is 1.77.